The highest BCUT2D eigenvalue weighted by Gasteiger charge is 2.09. The number of hydrogen-bond acceptors (Lipinski definition) is 4. The molecule has 1 saturated heterocycles. The molecule has 1 N–H and O–H groups in total. The molecule has 0 saturated carbocycles. The van der Waals surface area contributed by atoms with Crippen LogP contribution in [0, 0.1) is 0 Å². The summed E-state index contributed by atoms with van der Waals surface area (Å²) in [4.78, 5) is 13.8. The van der Waals surface area contributed by atoms with E-state index in [1.807, 2.05) is 6.07 Å². The molecule has 1 aliphatic rings. The fourth-order valence-electron chi connectivity index (χ4n) is 2.23. The third kappa shape index (κ3) is 4.47. The van der Waals surface area contributed by atoms with Crippen molar-refractivity contribution in [1.29, 1.82) is 0 Å². The Balaban J connectivity index is 1.78. The second kappa shape index (κ2) is 7.62. The molecule has 0 radical (unpaired) electrons. The van der Waals surface area contributed by atoms with Gasteiger partial charge in [0.05, 0.1) is 23.9 Å². The van der Waals surface area contributed by atoms with Crippen molar-refractivity contribution in [2.45, 2.75) is 13.3 Å². The van der Waals surface area contributed by atoms with Gasteiger partial charge in [0.2, 0.25) is 0 Å². The molecule has 0 unspecified atom stereocenters. The monoisotopic (exact) mass is 296 g/mol. The molecule has 0 aliphatic carbocycles. The summed E-state index contributed by atoms with van der Waals surface area (Å²) < 4.78 is 5.32. The Morgan fingerprint density at radius 3 is 2.85 bits per heavy atom. The molecule has 0 bridgehead atoms. The lowest BCUT2D eigenvalue weighted by Crippen LogP contribution is -2.37. The number of halogens is 1. The molecule has 2 rings (SSSR count). The van der Waals surface area contributed by atoms with Gasteiger partial charge in [-0.3, -0.25) is 9.69 Å². The van der Waals surface area contributed by atoms with Crippen molar-refractivity contribution in [2.75, 3.05) is 44.7 Å². The minimum atomic E-state index is 0.0537. The number of rotatable bonds is 6. The van der Waals surface area contributed by atoms with Crippen molar-refractivity contribution in [3.05, 3.63) is 28.8 Å². The van der Waals surface area contributed by atoms with Gasteiger partial charge in [-0.2, -0.15) is 0 Å². The smallest absolute Gasteiger partial charge is 0.159 e. The minimum Gasteiger partial charge on any atom is -0.384 e. The van der Waals surface area contributed by atoms with E-state index in [-0.39, 0.29) is 5.78 Å². The zero-order chi connectivity index (χ0) is 14.4. The zero-order valence-electron chi connectivity index (χ0n) is 11.8. The van der Waals surface area contributed by atoms with Crippen molar-refractivity contribution >= 4 is 23.1 Å². The SMILES string of the molecule is CC(=O)c1ccc(Cl)c(NCCCN2CCOCC2)c1. The van der Waals surface area contributed by atoms with Crippen LogP contribution in [0.15, 0.2) is 18.2 Å². The number of ether oxygens (including phenoxy) is 1. The Hall–Kier alpha value is -1.10. The quantitative estimate of drug-likeness (QED) is 0.647. The van der Waals surface area contributed by atoms with Crippen molar-refractivity contribution in [3.8, 4) is 0 Å². The van der Waals surface area contributed by atoms with Gasteiger partial charge in [0.15, 0.2) is 5.78 Å². The molecule has 0 amide bonds. The van der Waals surface area contributed by atoms with Crippen LogP contribution in [0.25, 0.3) is 0 Å². The van der Waals surface area contributed by atoms with E-state index in [9.17, 15) is 4.79 Å². The van der Waals surface area contributed by atoms with E-state index >= 15 is 0 Å². The Kier molecular flexibility index (Phi) is 5.83. The van der Waals surface area contributed by atoms with Gasteiger partial charge >= 0.3 is 0 Å². The Bertz CT molecular complexity index is 459. The highest BCUT2D eigenvalue weighted by Crippen LogP contribution is 2.23. The van der Waals surface area contributed by atoms with E-state index in [0.717, 1.165) is 51.5 Å². The summed E-state index contributed by atoms with van der Waals surface area (Å²) in [6.45, 7) is 7.16. The van der Waals surface area contributed by atoms with Gasteiger partial charge in [-0.15, -0.1) is 0 Å². The number of nitrogens with zero attached hydrogens (tertiary/aromatic N) is 1. The number of nitrogens with one attached hydrogen (secondary N) is 1. The van der Waals surface area contributed by atoms with Crippen LogP contribution in [0.2, 0.25) is 5.02 Å². The van der Waals surface area contributed by atoms with Crippen LogP contribution in [-0.4, -0.2) is 50.1 Å². The second-order valence-corrected chi connectivity index (χ2v) is 5.39. The highest BCUT2D eigenvalue weighted by molar-refractivity contribution is 6.33. The highest BCUT2D eigenvalue weighted by atomic mass is 35.5. The summed E-state index contributed by atoms with van der Waals surface area (Å²) in [7, 11) is 0. The molecule has 1 fully saturated rings. The summed E-state index contributed by atoms with van der Waals surface area (Å²) >= 11 is 6.13. The summed E-state index contributed by atoms with van der Waals surface area (Å²) in [5, 5.41) is 3.96. The number of morpholine rings is 1. The molecule has 110 valence electrons. The Morgan fingerprint density at radius 1 is 1.40 bits per heavy atom. The van der Waals surface area contributed by atoms with Crippen LogP contribution in [0.4, 0.5) is 5.69 Å². The number of ketones is 1. The van der Waals surface area contributed by atoms with E-state index in [1.165, 1.54) is 0 Å². The standard InChI is InChI=1S/C15H21ClN2O2/c1-12(19)13-3-4-14(16)15(11-13)17-5-2-6-18-7-9-20-10-8-18/h3-4,11,17H,2,5-10H2,1H3. The fraction of sp³-hybridized carbons (Fsp3) is 0.533. The molecular formula is C15H21ClN2O2. The first kappa shape index (κ1) is 15.3. The van der Waals surface area contributed by atoms with Crippen LogP contribution >= 0.6 is 11.6 Å². The maximum Gasteiger partial charge on any atom is 0.159 e. The predicted molar refractivity (Wildman–Crippen MR) is 81.8 cm³/mol. The molecule has 0 spiro atoms. The fourth-order valence-corrected chi connectivity index (χ4v) is 2.41. The Labute approximate surface area is 125 Å². The molecule has 1 aromatic carbocycles. The van der Waals surface area contributed by atoms with Crippen LogP contribution in [0.1, 0.15) is 23.7 Å². The van der Waals surface area contributed by atoms with E-state index in [4.69, 9.17) is 16.3 Å². The summed E-state index contributed by atoms with van der Waals surface area (Å²) in [5.41, 5.74) is 1.52. The van der Waals surface area contributed by atoms with Gasteiger partial charge in [0.1, 0.15) is 0 Å². The number of carbonyl (C=O) groups is 1. The molecule has 4 nitrogen and oxygen atoms in total. The molecule has 5 heteroatoms. The molecular weight excluding hydrogens is 276 g/mol. The van der Waals surface area contributed by atoms with E-state index in [1.54, 1.807) is 19.1 Å². The van der Waals surface area contributed by atoms with Crippen molar-refractivity contribution in [1.82, 2.24) is 4.90 Å². The molecule has 0 atom stereocenters. The second-order valence-electron chi connectivity index (χ2n) is 4.99. The van der Waals surface area contributed by atoms with Crippen LogP contribution < -0.4 is 5.32 Å². The van der Waals surface area contributed by atoms with Gasteiger partial charge in [0.25, 0.3) is 0 Å². The summed E-state index contributed by atoms with van der Waals surface area (Å²) in [6.07, 6.45) is 1.04. The van der Waals surface area contributed by atoms with Crippen molar-refractivity contribution < 1.29 is 9.53 Å². The third-order valence-corrected chi connectivity index (χ3v) is 3.77. The number of carbonyl (C=O) groups excluding carboxylic acids is 1. The van der Waals surface area contributed by atoms with Crippen molar-refractivity contribution in [2.24, 2.45) is 0 Å². The average Bonchev–Trinajstić information content (AvgIpc) is 2.46. The molecule has 20 heavy (non-hydrogen) atoms. The first-order valence-electron chi connectivity index (χ1n) is 7.01. The number of Topliss-reactive ketones (excluding diaryl/α,β-unsaturated/α-hetero) is 1. The lowest BCUT2D eigenvalue weighted by Gasteiger charge is -2.26. The van der Waals surface area contributed by atoms with Crippen LogP contribution in [0.3, 0.4) is 0 Å². The number of anilines is 1. The third-order valence-electron chi connectivity index (χ3n) is 3.44. The van der Waals surface area contributed by atoms with Crippen LogP contribution in [0.5, 0.6) is 0 Å². The lowest BCUT2D eigenvalue weighted by atomic mass is 10.1. The van der Waals surface area contributed by atoms with Gasteiger partial charge < -0.3 is 10.1 Å². The Morgan fingerprint density at radius 2 is 2.15 bits per heavy atom. The average molecular weight is 297 g/mol. The normalized spacial score (nSPS) is 16.1. The minimum absolute atomic E-state index is 0.0537. The molecule has 0 aromatic heterocycles. The maximum absolute atomic E-state index is 11.4. The van der Waals surface area contributed by atoms with Gasteiger partial charge in [-0.25, -0.2) is 0 Å². The van der Waals surface area contributed by atoms with Gasteiger partial charge in [-0.1, -0.05) is 11.6 Å². The first-order valence-corrected chi connectivity index (χ1v) is 7.39. The largest absolute Gasteiger partial charge is 0.384 e. The topological polar surface area (TPSA) is 41.6 Å². The van der Waals surface area contributed by atoms with E-state index in [0.29, 0.717) is 10.6 Å². The van der Waals surface area contributed by atoms with Crippen LogP contribution in [-0.2, 0) is 4.74 Å². The number of hydrogen-bond donors (Lipinski definition) is 1. The molecule has 1 aromatic rings. The maximum atomic E-state index is 11.4. The van der Waals surface area contributed by atoms with E-state index < -0.39 is 0 Å². The van der Waals surface area contributed by atoms with Crippen molar-refractivity contribution in [3.63, 3.8) is 0 Å². The van der Waals surface area contributed by atoms with E-state index in [2.05, 4.69) is 10.2 Å². The predicted octanol–water partition coefficient (Wildman–Crippen LogP) is 2.68. The van der Waals surface area contributed by atoms with Gasteiger partial charge in [-0.05, 0) is 38.1 Å². The molecule has 1 aliphatic heterocycles. The number of benzene rings is 1. The lowest BCUT2D eigenvalue weighted by molar-refractivity contribution is 0.0378. The molecule has 1 heterocycles. The summed E-state index contributed by atoms with van der Waals surface area (Å²) in [6, 6.07) is 5.34. The zero-order valence-corrected chi connectivity index (χ0v) is 12.6. The van der Waals surface area contributed by atoms with Gasteiger partial charge in [0, 0.05) is 25.2 Å². The first-order chi connectivity index (χ1) is 9.66. The summed E-state index contributed by atoms with van der Waals surface area (Å²) in [5.74, 6) is 0.0537.